The van der Waals surface area contributed by atoms with Crippen LogP contribution in [-0.4, -0.2) is 47.5 Å². The van der Waals surface area contributed by atoms with Gasteiger partial charge in [-0.2, -0.15) is 23.5 Å². The number of carbonyl (C=O) groups excluding carboxylic acids is 1. The molecule has 2 aliphatic heterocycles. The number of likely N-dealkylation sites (tertiary alicyclic amines) is 1. The summed E-state index contributed by atoms with van der Waals surface area (Å²) in [6.07, 6.45) is -2.77. The van der Waals surface area contributed by atoms with Crippen LogP contribution in [0.3, 0.4) is 0 Å². The Morgan fingerprint density at radius 2 is 1.67 bits per heavy atom. The number of hydrogen-bond donors (Lipinski definition) is 2. The predicted molar refractivity (Wildman–Crippen MR) is 146 cm³/mol. The van der Waals surface area contributed by atoms with Gasteiger partial charge in [-0.1, -0.05) is 51.8 Å². The number of benzene rings is 2. The molecule has 4 rings (SSSR count). The molecule has 2 aliphatic rings. The zero-order chi connectivity index (χ0) is 29.4. The number of rotatable bonds is 4. The van der Waals surface area contributed by atoms with Crippen LogP contribution in [0, 0.1) is 24.1 Å². The van der Waals surface area contributed by atoms with Gasteiger partial charge in [0.05, 0.1) is 11.3 Å². The first-order valence-electron chi connectivity index (χ1n) is 13.1. The quantitative estimate of drug-likeness (QED) is 0.461. The number of piperidine rings is 1. The zero-order valence-corrected chi connectivity index (χ0v) is 22.9. The fraction of sp³-hybridized carbons (Fsp3) is 0.464. The second kappa shape index (κ2) is 13.5. The molecule has 39 heavy (non-hydrogen) atoms. The van der Waals surface area contributed by atoms with E-state index in [4.69, 9.17) is 5.73 Å². The molecule has 0 spiro atoms. The van der Waals surface area contributed by atoms with Crippen molar-refractivity contribution in [2.24, 2.45) is 10.8 Å². The minimum atomic E-state index is -4.92. The van der Waals surface area contributed by atoms with Crippen LogP contribution in [0.1, 0.15) is 58.1 Å². The number of hydrogen-bond acceptors (Lipinski definition) is 6. The molecule has 0 aromatic heterocycles. The maximum absolute atomic E-state index is 14.1. The number of nitrogens with one attached hydrogen (secondary N) is 1. The van der Waals surface area contributed by atoms with E-state index in [2.05, 4.69) is 10.4 Å². The van der Waals surface area contributed by atoms with Crippen LogP contribution in [0.15, 0.2) is 47.6 Å². The van der Waals surface area contributed by atoms with Crippen LogP contribution in [0.4, 0.5) is 28.9 Å². The van der Waals surface area contributed by atoms with Gasteiger partial charge >= 0.3 is 6.18 Å². The van der Waals surface area contributed by atoms with Gasteiger partial charge in [-0.15, -0.1) is 0 Å². The lowest BCUT2D eigenvalue weighted by Crippen LogP contribution is -2.74. The van der Waals surface area contributed by atoms with Crippen LogP contribution < -0.4 is 16.1 Å². The number of alkyl halides is 3. The van der Waals surface area contributed by atoms with Crippen LogP contribution >= 0.6 is 0 Å². The summed E-state index contributed by atoms with van der Waals surface area (Å²) < 4.78 is 56.2. The summed E-state index contributed by atoms with van der Waals surface area (Å²) in [5.41, 5.74) is 3.69. The first kappa shape index (κ1) is 31.7. The molecule has 0 bridgehead atoms. The van der Waals surface area contributed by atoms with Crippen molar-refractivity contribution >= 4 is 23.0 Å². The maximum atomic E-state index is 14.1. The Morgan fingerprint density at radius 1 is 1.08 bits per heavy atom. The summed E-state index contributed by atoms with van der Waals surface area (Å²) in [4.78, 5) is 15.6. The molecule has 1 fully saturated rings. The fourth-order valence-corrected chi connectivity index (χ4v) is 4.59. The van der Waals surface area contributed by atoms with Gasteiger partial charge in [-0.05, 0) is 50.1 Å². The fourth-order valence-electron chi connectivity index (χ4n) is 4.59. The summed E-state index contributed by atoms with van der Waals surface area (Å²) in [5, 5.41) is 16.7. The lowest BCUT2D eigenvalue weighted by Gasteiger charge is -2.48. The number of amides is 1. The zero-order valence-electron chi connectivity index (χ0n) is 22.9. The van der Waals surface area contributed by atoms with Crippen molar-refractivity contribution < 1.29 is 22.4 Å². The molecule has 11 heteroatoms. The van der Waals surface area contributed by atoms with Crippen molar-refractivity contribution in [1.29, 1.82) is 5.26 Å². The largest absolute Gasteiger partial charge is 0.432 e. The molecule has 2 heterocycles. The van der Waals surface area contributed by atoms with E-state index in [1.165, 1.54) is 6.07 Å². The van der Waals surface area contributed by atoms with Gasteiger partial charge in [0, 0.05) is 18.8 Å². The second-order valence-corrected chi connectivity index (χ2v) is 8.64. The molecule has 212 valence electrons. The van der Waals surface area contributed by atoms with E-state index in [0.29, 0.717) is 31.6 Å². The van der Waals surface area contributed by atoms with Gasteiger partial charge in [0.25, 0.3) is 5.91 Å². The van der Waals surface area contributed by atoms with E-state index in [-0.39, 0.29) is 5.69 Å². The third-order valence-electron chi connectivity index (χ3n) is 6.35. The van der Waals surface area contributed by atoms with E-state index < -0.39 is 40.9 Å². The number of nitrogens with two attached hydrogens (primary N) is 1. The number of carbonyl (C=O) groups is 1. The van der Waals surface area contributed by atoms with Crippen molar-refractivity contribution in [3.63, 3.8) is 0 Å². The molecule has 0 aliphatic carbocycles. The highest BCUT2D eigenvalue weighted by Crippen LogP contribution is 2.41. The van der Waals surface area contributed by atoms with Crippen LogP contribution in [0.2, 0.25) is 0 Å². The second-order valence-electron chi connectivity index (χ2n) is 8.64. The minimum Gasteiger partial charge on any atom is -0.323 e. The van der Waals surface area contributed by atoms with Gasteiger partial charge in [-0.3, -0.25) is 9.69 Å². The van der Waals surface area contributed by atoms with Crippen molar-refractivity contribution in [2.75, 3.05) is 23.4 Å². The van der Waals surface area contributed by atoms with Crippen molar-refractivity contribution in [3.05, 3.63) is 59.4 Å². The highest BCUT2D eigenvalue weighted by molar-refractivity contribution is 6.11. The molecule has 2 atom stereocenters. The number of aryl methyl sites for hydroxylation is 1. The van der Waals surface area contributed by atoms with Gasteiger partial charge in [0.15, 0.2) is 5.71 Å². The van der Waals surface area contributed by atoms with E-state index in [1.54, 1.807) is 35.2 Å². The van der Waals surface area contributed by atoms with Crippen LogP contribution in [0.25, 0.3) is 0 Å². The van der Waals surface area contributed by atoms with E-state index in [0.717, 1.165) is 29.1 Å². The normalized spacial score (nSPS) is 21.0. The molecule has 2 aromatic carbocycles. The summed E-state index contributed by atoms with van der Waals surface area (Å²) in [5.74, 6) is -1.64. The van der Waals surface area contributed by atoms with Gasteiger partial charge in [0.1, 0.15) is 17.9 Å². The molecule has 0 saturated carbocycles. The lowest BCUT2D eigenvalue weighted by molar-refractivity contribution is -0.129. The first-order valence-corrected chi connectivity index (χ1v) is 13.1. The lowest BCUT2D eigenvalue weighted by atomic mass is 9.90. The molecule has 1 amide bonds. The average Bonchev–Trinajstić information content (AvgIpc) is 3.27. The molecule has 1 unspecified atom stereocenters. The molecule has 2 aromatic rings. The third kappa shape index (κ3) is 6.40. The van der Waals surface area contributed by atoms with Crippen LogP contribution in [0.5, 0.6) is 0 Å². The molecular weight excluding hydrogens is 512 g/mol. The Kier molecular flexibility index (Phi) is 11.0. The monoisotopic (exact) mass is 548 g/mol. The molecular formula is C28H36F4N6O. The van der Waals surface area contributed by atoms with Crippen molar-refractivity contribution in [2.45, 2.75) is 71.8 Å². The smallest absolute Gasteiger partial charge is 0.323 e. The number of halogens is 4. The maximum Gasteiger partial charge on any atom is 0.432 e. The topological polar surface area (TPSA) is 97.8 Å². The third-order valence-corrected chi connectivity index (χ3v) is 6.35. The Balaban J connectivity index is 0.00000127. The van der Waals surface area contributed by atoms with E-state index in [9.17, 15) is 27.6 Å². The number of nitriles is 1. The Bertz CT molecular complexity index is 1190. The average molecular weight is 549 g/mol. The van der Waals surface area contributed by atoms with Crippen molar-refractivity contribution in [1.82, 2.24) is 4.90 Å². The SMILES string of the molecule is CC.CC.Cc1ccc(NC(=O)C2(N3CCCCC3)[C@H](N)C(C(F)(F)F)=NN2c2ccc(F)c(C#N)c2)cc1. The number of nitrogens with zero attached hydrogens (tertiary/aromatic N) is 4. The van der Waals surface area contributed by atoms with Gasteiger partial charge < -0.3 is 11.1 Å². The highest BCUT2D eigenvalue weighted by Gasteiger charge is 2.64. The first-order chi connectivity index (χ1) is 18.6. The van der Waals surface area contributed by atoms with Crippen molar-refractivity contribution in [3.8, 4) is 6.07 Å². The molecule has 0 radical (unpaired) electrons. The Hall–Kier alpha value is -3.49. The number of hydrazone groups is 1. The van der Waals surface area contributed by atoms with E-state index in [1.807, 2.05) is 34.6 Å². The molecule has 7 nitrogen and oxygen atoms in total. The summed E-state index contributed by atoms with van der Waals surface area (Å²) in [6.45, 7) is 10.5. The van der Waals surface area contributed by atoms with E-state index >= 15 is 0 Å². The van der Waals surface area contributed by atoms with Gasteiger partial charge in [0.2, 0.25) is 5.66 Å². The van der Waals surface area contributed by atoms with Crippen LogP contribution in [-0.2, 0) is 4.79 Å². The summed E-state index contributed by atoms with van der Waals surface area (Å²) in [7, 11) is 0. The standard InChI is InChI=1S/C24H24F4N6O.2C2H6/c1-15-5-7-17(8-6-15)31-22(35)23(33-11-3-2-4-12-33)20(30)21(24(26,27)28)32-34(23)18-9-10-19(25)16(13-18)14-29;2*1-2/h5-10,13,20H,2-4,11-12,30H2,1H3,(H,31,35);2*1-2H3/t20-,23?;;/m1../s1. The molecule has 3 N–H and O–H groups in total. The highest BCUT2D eigenvalue weighted by atomic mass is 19.4. The Morgan fingerprint density at radius 3 is 2.21 bits per heavy atom. The summed E-state index contributed by atoms with van der Waals surface area (Å²) in [6, 6.07) is 9.80. The summed E-state index contributed by atoms with van der Waals surface area (Å²) >= 11 is 0. The molecule has 1 saturated heterocycles. The number of anilines is 2. The van der Waals surface area contributed by atoms with Gasteiger partial charge in [-0.25, -0.2) is 9.40 Å². The Labute approximate surface area is 227 Å². The predicted octanol–water partition coefficient (Wildman–Crippen LogP) is 5.94. The minimum absolute atomic E-state index is 0.0534.